The highest BCUT2D eigenvalue weighted by Gasteiger charge is 2.09. The number of hydrogen-bond donors (Lipinski definition) is 2. The van der Waals surface area contributed by atoms with Crippen LogP contribution < -0.4 is 10.5 Å². The van der Waals surface area contributed by atoms with Gasteiger partial charge in [-0.15, -0.1) is 11.3 Å². The van der Waals surface area contributed by atoms with Crippen molar-refractivity contribution in [2.24, 2.45) is 0 Å². The minimum Gasteiger partial charge on any atom is -0.484 e. The topological polar surface area (TPSA) is 85.4 Å². The van der Waals surface area contributed by atoms with E-state index in [4.69, 9.17) is 15.6 Å². The number of aryl methyl sites for hydroxylation is 2. The number of carboxylic acid groups (broad SMARTS) is 1. The van der Waals surface area contributed by atoms with E-state index in [1.165, 1.54) is 18.2 Å². The fourth-order valence-corrected chi connectivity index (χ4v) is 2.38. The Hall–Kier alpha value is -2.08. The molecule has 0 amide bonds. The van der Waals surface area contributed by atoms with Crippen molar-refractivity contribution in [2.75, 3.05) is 5.73 Å². The van der Waals surface area contributed by atoms with Gasteiger partial charge in [0, 0.05) is 4.88 Å². The second-order valence-electron chi connectivity index (χ2n) is 4.10. The Morgan fingerprint density at radius 3 is 2.79 bits per heavy atom. The molecule has 5 nitrogen and oxygen atoms in total. The van der Waals surface area contributed by atoms with E-state index >= 15 is 0 Å². The van der Waals surface area contributed by atoms with Gasteiger partial charge < -0.3 is 15.6 Å². The quantitative estimate of drug-likeness (QED) is 0.840. The first-order valence-corrected chi connectivity index (χ1v) is 6.47. The molecule has 0 radical (unpaired) electrons. The number of anilines is 1. The second-order valence-corrected chi connectivity index (χ2v) is 5.38. The molecule has 0 aliphatic carbocycles. The summed E-state index contributed by atoms with van der Waals surface area (Å²) in [5.74, 6) is -0.642. The number of rotatable bonds is 4. The number of nitrogens with two attached hydrogens (primary N) is 1. The molecule has 0 saturated carbocycles. The number of nitrogen functional groups attached to an aromatic ring is 1. The zero-order chi connectivity index (χ0) is 14.0. The third-order valence-electron chi connectivity index (χ3n) is 2.68. The maximum Gasteiger partial charge on any atom is 0.335 e. The van der Waals surface area contributed by atoms with E-state index in [0.717, 1.165) is 15.6 Å². The van der Waals surface area contributed by atoms with Crippen LogP contribution in [0.1, 0.15) is 25.9 Å². The summed E-state index contributed by atoms with van der Waals surface area (Å²) in [7, 11) is 0. The van der Waals surface area contributed by atoms with Gasteiger partial charge in [-0.25, -0.2) is 9.78 Å². The predicted molar refractivity (Wildman–Crippen MR) is 73.7 cm³/mol. The fraction of sp³-hybridized carbons (Fsp3) is 0.231. The number of ether oxygens (including phenoxy) is 1. The van der Waals surface area contributed by atoms with Crippen LogP contribution in [0.25, 0.3) is 0 Å². The first kappa shape index (κ1) is 13.4. The molecule has 1 aromatic carbocycles. The number of carbonyl (C=O) groups is 1. The highest BCUT2D eigenvalue weighted by atomic mass is 32.1. The number of carboxylic acids is 1. The highest BCUT2D eigenvalue weighted by Crippen LogP contribution is 2.25. The molecule has 19 heavy (non-hydrogen) atoms. The minimum absolute atomic E-state index is 0.149. The molecule has 2 rings (SSSR count). The van der Waals surface area contributed by atoms with Crippen molar-refractivity contribution in [1.29, 1.82) is 0 Å². The number of nitrogens with zero attached hydrogens (tertiary/aromatic N) is 1. The minimum atomic E-state index is -1.01. The van der Waals surface area contributed by atoms with Crippen molar-refractivity contribution in [3.8, 4) is 5.75 Å². The first-order chi connectivity index (χ1) is 8.97. The highest BCUT2D eigenvalue weighted by molar-refractivity contribution is 7.11. The lowest BCUT2D eigenvalue weighted by atomic mass is 10.2. The molecule has 0 fully saturated rings. The molecule has 0 bridgehead atoms. The van der Waals surface area contributed by atoms with Crippen LogP contribution in [0.2, 0.25) is 0 Å². The summed E-state index contributed by atoms with van der Waals surface area (Å²) in [4.78, 5) is 16.4. The molecule has 0 saturated heterocycles. The Labute approximate surface area is 114 Å². The molecule has 0 atom stereocenters. The van der Waals surface area contributed by atoms with Gasteiger partial charge in [0.2, 0.25) is 0 Å². The molecule has 1 aromatic heterocycles. The first-order valence-electron chi connectivity index (χ1n) is 5.66. The van der Waals surface area contributed by atoms with Gasteiger partial charge in [-0.05, 0) is 32.0 Å². The van der Waals surface area contributed by atoms with Gasteiger partial charge in [0.1, 0.15) is 17.4 Å². The molecular formula is C13H14N2O3S. The van der Waals surface area contributed by atoms with E-state index in [0.29, 0.717) is 11.4 Å². The van der Waals surface area contributed by atoms with E-state index < -0.39 is 5.97 Å². The lowest BCUT2D eigenvalue weighted by Crippen LogP contribution is -2.02. The molecule has 1 heterocycles. The van der Waals surface area contributed by atoms with Crippen LogP contribution in [-0.4, -0.2) is 16.1 Å². The van der Waals surface area contributed by atoms with Crippen LogP contribution in [0.4, 0.5) is 5.69 Å². The largest absolute Gasteiger partial charge is 0.484 e. The molecule has 0 unspecified atom stereocenters. The predicted octanol–water partition coefficient (Wildman–Crippen LogP) is 2.62. The summed E-state index contributed by atoms with van der Waals surface area (Å²) in [5.41, 5.74) is 7.30. The van der Waals surface area contributed by atoms with Crippen molar-refractivity contribution in [3.05, 3.63) is 39.3 Å². The van der Waals surface area contributed by atoms with Gasteiger partial charge in [-0.1, -0.05) is 0 Å². The second kappa shape index (κ2) is 5.27. The fourth-order valence-electron chi connectivity index (χ4n) is 1.53. The van der Waals surface area contributed by atoms with Gasteiger partial charge in [0.05, 0.1) is 16.9 Å². The zero-order valence-corrected chi connectivity index (χ0v) is 11.5. The summed E-state index contributed by atoms with van der Waals surface area (Å²) in [6, 6.07) is 4.39. The number of hydrogen-bond acceptors (Lipinski definition) is 5. The van der Waals surface area contributed by atoms with Crippen molar-refractivity contribution in [1.82, 2.24) is 4.98 Å². The average Bonchev–Trinajstić information content (AvgIpc) is 2.67. The van der Waals surface area contributed by atoms with Gasteiger partial charge in [0.15, 0.2) is 0 Å². The van der Waals surface area contributed by atoms with Crippen molar-refractivity contribution < 1.29 is 14.6 Å². The lowest BCUT2D eigenvalue weighted by Gasteiger charge is -2.08. The van der Waals surface area contributed by atoms with Crippen LogP contribution in [0, 0.1) is 13.8 Å². The molecule has 0 aliphatic rings. The van der Waals surface area contributed by atoms with E-state index in [1.54, 1.807) is 11.3 Å². The van der Waals surface area contributed by atoms with Gasteiger partial charge in [-0.2, -0.15) is 0 Å². The average molecular weight is 278 g/mol. The van der Waals surface area contributed by atoms with Gasteiger partial charge in [-0.3, -0.25) is 0 Å². The molecule has 3 N–H and O–H groups in total. The Kier molecular flexibility index (Phi) is 3.71. The van der Waals surface area contributed by atoms with Crippen LogP contribution >= 0.6 is 11.3 Å². The molecule has 2 aromatic rings. The molecule has 0 aliphatic heterocycles. The summed E-state index contributed by atoms with van der Waals surface area (Å²) >= 11 is 1.56. The Balaban J connectivity index is 2.14. The Morgan fingerprint density at radius 2 is 2.21 bits per heavy atom. The number of benzene rings is 1. The molecule has 0 spiro atoms. The van der Waals surface area contributed by atoms with Crippen LogP contribution in [0.5, 0.6) is 5.75 Å². The molecule has 6 heteroatoms. The van der Waals surface area contributed by atoms with Crippen LogP contribution in [-0.2, 0) is 6.61 Å². The van der Waals surface area contributed by atoms with Crippen LogP contribution in [0.15, 0.2) is 18.2 Å². The molecular weight excluding hydrogens is 264 g/mol. The van der Waals surface area contributed by atoms with Crippen molar-refractivity contribution >= 4 is 23.0 Å². The van der Waals surface area contributed by atoms with E-state index in [1.807, 2.05) is 13.8 Å². The van der Waals surface area contributed by atoms with Crippen LogP contribution in [0.3, 0.4) is 0 Å². The zero-order valence-electron chi connectivity index (χ0n) is 10.6. The normalized spacial score (nSPS) is 10.4. The number of aromatic nitrogens is 1. The number of aromatic carboxylic acids is 1. The third-order valence-corrected chi connectivity index (χ3v) is 3.73. The lowest BCUT2D eigenvalue weighted by molar-refractivity contribution is 0.0696. The SMILES string of the molecule is Cc1nc(COc2cc(C(=O)O)ccc2N)sc1C. The molecule has 100 valence electrons. The summed E-state index contributed by atoms with van der Waals surface area (Å²) in [5, 5.41) is 9.76. The monoisotopic (exact) mass is 278 g/mol. The number of thiazole rings is 1. The maximum absolute atomic E-state index is 10.9. The standard InChI is InChI=1S/C13H14N2O3S/c1-7-8(2)19-12(15-7)6-18-11-5-9(13(16)17)3-4-10(11)14/h3-5H,6,14H2,1-2H3,(H,16,17). The summed E-state index contributed by atoms with van der Waals surface area (Å²) < 4.78 is 5.54. The third kappa shape index (κ3) is 3.03. The maximum atomic E-state index is 10.9. The van der Waals surface area contributed by atoms with Crippen molar-refractivity contribution in [3.63, 3.8) is 0 Å². The van der Waals surface area contributed by atoms with Gasteiger partial charge in [0.25, 0.3) is 0 Å². The van der Waals surface area contributed by atoms with E-state index in [9.17, 15) is 4.79 Å². The van der Waals surface area contributed by atoms with E-state index in [2.05, 4.69) is 4.98 Å². The van der Waals surface area contributed by atoms with E-state index in [-0.39, 0.29) is 12.2 Å². The van der Waals surface area contributed by atoms with Crippen molar-refractivity contribution in [2.45, 2.75) is 20.5 Å². The van der Waals surface area contributed by atoms with Gasteiger partial charge >= 0.3 is 5.97 Å². The Morgan fingerprint density at radius 1 is 1.47 bits per heavy atom. The summed E-state index contributed by atoms with van der Waals surface area (Å²) in [6.45, 7) is 4.22. The summed E-state index contributed by atoms with van der Waals surface area (Å²) in [6.07, 6.45) is 0. The Bertz CT molecular complexity index is 603. The smallest absolute Gasteiger partial charge is 0.335 e.